The van der Waals surface area contributed by atoms with Crippen molar-refractivity contribution in [2.24, 2.45) is 0 Å². The Bertz CT molecular complexity index is 407. The molecule has 1 aromatic heterocycles. The van der Waals surface area contributed by atoms with Gasteiger partial charge in [0.15, 0.2) is 0 Å². The van der Waals surface area contributed by atoms with Gasteiger partial charge < -0.3 is 15.2 Å². The number of nitriles is 1. The summed E-state index contributed by atoms with van der Waals surface area (Å²) < 4.78 is 12.3. The summed E-state index contributed by atoms with van der Waals surface area (Å²) in [5, 5.41) is 9.07. The van der Waals surface area contributed by atoms with E-state index in [0.29, 0.717) is 30.5 Å². The Hall–Kier alpha value is -1.67. The molecule has 0 saturated carbocycles. The zero-order valence-corrected chi connectivity index (χ0v) is 10.6. The van der Waals surface area contributed by atoms with Crippen molar-refractivity contribution in [3.63, 3.8) is 0 Å². The first-order valence-corrected chi connectivity index (χ1v) is 5.68. The molecule has 1 atom stereocenters. The highest BCUT2D eigenvalue weighted by molar-refractivity contribution is 5.55. The second kappa shape index (κ2) is 6.16. The predicted octanol–water partition coefficient (Wildman–Crippen LogP) is 1.94. The Morgan fingerprint density at radius 1 is 1.53 bits per heavy atom. The highest BCUT2D eigenvalue weighted by atomic mass is 16.5. The van der Waals surface area contributed by atoms with E-state index < -0.39 is 0 Å². The van der Waals surface area contributed by atoms with E-state index in [4.69, 9.17) is 20.5 Å². The number of anilines is 1. The van der Waals surface area contributed by atoms with E-state index in [1.807, 2.05) is 11.5 Å². The largest absolute Gasteiger partial charge is 0.475 e. The van der Waals surface area contributed by atoms with Crippen molar-refractivity contribution in [2.45, 2.75) is 26.3 Å². The fraction of sp³-hybridized carbons (Fsp3) is 0.583. The number of aromatic nitrogens is 1. The van der Waals surface area contributed by atoms with Gasteiger partial charge in [-0.1, -0.05) is 6.92 Å². The number of nitrogen functional groups attached to an aromatic ring is 1. The minimum absolute atomic E-state index is 0.180. The van der Waals surface area contributed by atoms with Gasteiger partial charge in [-0.15, -0.1) is 0 Å². The van der Waals surface area contributed by atoms with Crippen LogP contribution >= 0.6 is 0 Å². The number of rotatable bonds is 6. The van der Waals surface area contributed by atoms with Crippen molar-refractivity contribution >= 4 is 5.69 Å². The van der Waals surface area contributed by atoms with Gasteiger partial charge >= 0.3 is 0 Å². The summed E-state index contributed by atoms with van der Waals surface area (Å²) >= 11 is 0. The standard InChI is InChI=1S/C12H19N3O2/c1-4-9(2)15-10(8-13)7-11(14)12(15)17-6-5-16-3/h7,9H,4-6,14H2,1-3H3/t9-/m1/s1. The average Bonchev–Trinajstić information content (AvgIpc) is 2.65. The lowest BCUT2D eigenvalue weighted by molar-refractivity contribution is 0.140. The third-order valence-electron chi connectivity index (χ3n) is 2.69. The van der Waals surface area contributed by atoms with Crippen LogP contribution in [0.1, 0.15) is 32.0 Å². The Kier molecular flexibility index (Phi) is 4.85. The second-order valence-electron chi connectivity index (χ2n) is 3.87. The van der Waals surface area contributed by atoms with Crippen LogP contribution in [0.15, 0.2) is 6.07 Å². The molecule has 0 aliphatic rings. The normalized spacial score (nSPS) is 12.1. The quantitative estimate of drug-likeness (QED) is 0.767. The molecule has 94 valence electrons. The number of hydrogen-bond acceptors (Lipinski definition) is 4. The van der Waals surface area contributed by atoms with Crippen LogP contribution in [0.4, 0.5) is 5.69 Å². The van der Waals surface area contributed by atoms with Gasteiger partial charge in [0.1, 0.15) is 18.4 Å². The van der Waals surface area contributed by atoms with E-state index in [-0.39, 0.29) is 6.04 Å². The van der Waals surface area contributed by atoms with Crippen molar-refractivity contribution in [1.82, 2.24) is 4.57 Å². The molecule has 0 aliphatic carbocycles. The molecule has 2 N–H and O–H groups in total. The number of nitrogens with two attached hydrogens (primary N) is 1. The van der Waals surface area contributed by atoms with Crippen LogP contribution in [-0.2, 0) is 4.74 Å². The summed E-state index contributed by atoms with van der Waals surface area (Å²) in [4.78, 5) is 0. The van der Waals surface area contributed by atoms with Crippen LogP contribution in [0.3, 0.4) is 0 Å². The van der Waals surface area contributed by atoms with Gasteiger partial charge in [-0.3, -0.25) is 4.57 Å². The molecular formula is C12H19N3O2. The van der Waals surface area contributed by atoms with Crippen molar-refractivity contribution in [3.8, 4) is 11.9 Å². The molecule has 1 aromatic rings. The van der Waals surface area contributed by atoms with E-state index in [1.54, 1.807) is 13.2 Å². The smallest absolute Gasteiger partial charge is 0.218 e. The maximum absolute atomic E-state index is 9.07. The fourth-order valence-electron chi connectivity index (χ4n) is 1.61. The van der Waals surface area contributed by atoms with Crippen molar-refractivity contribution in [1.29, 1.82) is 5.26 Å². The summed E-state index contributed by atoms with van der Waals surface area (Å²) in [6.45, 7) is 5.00. The summed E-state index contributed by atoms with van der Waals surface area (Å²) in [6, 6.07) is 3.96. The number of ether oxygens (including phenoxy) is 2. The second-order valence-corrected chi connectivity index (χ2v) is 3.87. The molecule has 0 amide bonds. The van der Waals surface area contributed by atoms with Crippen LogP contribution in [-0.4, -0.2) is 24.9 Å². The van der Waals surface area contributed by atoms with Crippen LogP contribution in [0.25, 0.3) is 0 Å². The van der Waals surface area contributed by atoms with Crippen molar-refractivity contribution < 1.29 is 9.47 Å². The van der Waals surface area contributed by atoms with Gasteiger partial charge in [-0.2, -0.15) is 5.26 Å². The van der Waals surface area contributed by atoms with E-state index in [1.165, 1.54) is 0 Å². The molecule has 0 spiro atoms. The zero-order valence-electron chi connectivity index (χ0n) is 10.6. The third-order valence-corrected chi connectivity index (χ3v) is 2.69. The van der Waals surface area contributed by atoms with Gasteiger partial charge in [-0.25, -0.2) is 0 Å². The van der Waals surface area contributed by atoms with Gasteiger partial charge in [0.2, 0.25) is 5.88 Å². The minimum Gasteiger partial charge on any atom is -0.475 e. The van der Waals surface area contributed by atoms with Crippen molar-refractivity contribution in [2.75, 3.05) is 26.1 Å². The summed E-state index contributed by atoms with van der Waals surface area (Å²) in [7, 11) is 1.61. The fourth-order valence-corrected chi connectivity index (χ4v) is 1.61. The van der Waals surface area contributed by atoms with Gasteiger partial charge in [0.05, 0.1) is 12.3 Å². The lowest BCUT2D eigenvalue weighted by atomic mass is 10.2. The van der Waals surface area contributed by atoms with Gasteiger partial charge in [0.25, 0.3) is 0 Å². The Labute approximate surface area is 102 Å². The summed E-state index contributed by atoms with van der Waals surface area (Å²) in [6.07, 6.45) is 0.906. The Balaban J connectivity index is 3.01. The maximum Gasteiger partial charge on any atom is 0.218 e. The van der Waals surface area contributed by atoms with Crippen LogP contribution < -0.4 is 10.5 Å². The van der Waals surface area contributed by atoms with E-state index in [0.717, 1.165) is 6.42 Å². The molecule has 0 unspecified atom stereocenters. The molecule has 5 heteroatoms. The molecule has 1 rings (SSSR count). The number of methoxy groups -OCH3 is 1. The molecule has 0 fully saturated rings. The molecule has 0 saturated heterocycles. The molecule has 0 aromatic carbocycles. The lowest BCUT2D eigenvalue weighted by Gasteiger charge is -2.17. The molecular weight excluding hydrogens is 218 g/mol. The molecule has 1 heterocycles. The number of hydrogen-bond donors (Lipinski definition) is 1. The van der Waals surface area contributed by atoms with E-state index in [2.05, 4.69) is 13.0 Å². The van der Waals surface area contributed by atoms with Gasteiger partial charge in [-0.05, 0) is 13.3 Å². The first-order chi connectivity index (χ1) is 8.15. The van der Waals surface area contributed by atoms with Gasteiger partial charge in [0, 0.05) is 19.2 Å². The van der Waals surface area contributed by atoms with Crippen LogP contribution in [0, 0.1) is 11.3 Å². The minimum atomic E-state index is 0.180. The molecule has 0 aliphatic heterocycles. The first-order valence-electron chi connectivity index (χ1n) is 5.68. The number of nitrogens with zero attached hydrogens (tertiary/aromatic N) is 2. The Morgan fingerprint density at radius 3 is 2.76 bits per heavy atom. The zero-order chi connectivity index (χ0) is 12.8. The van der Waals surface area contributed by atoms with E-state index in [9.17, 15) is 0 Å². The maximum atomic E-state index is 9.07. The van der Waals surface area contributed by atoms with Crippen LogP contribution in [0.5, 0.6) is 5.88 Å². The Morgan fingerprint density at radius 2 is 2.24 bits per heavy atom. The SMILES string of the molecule is CC[C@@H](C)n1c(C#N)cc(N)c1OCCOC. The highest BCUT2D eigenvalue weighted by Crippen LogP contribution is 2.31. The highest BCUT2D eigenvalue weighted by Gasteiger charge is 2.18. The predicted molar refractivity (Wildman–Crippen MR) is 65.9 cm³/mol. The summed E-state index contributed by atoms with van der Waals surface area (Å²) in [5.41, 5.74) is 6.88. The van der Waals surface area contributed by atoms with E-state index >= 15 is 0 Å². The molecule has 17 heavy (non-hydrogen) atoms. The average molecular weight is 237 g/mol. The monoisotopic (exact) mass is 237 g/mol. The summed E-state index contributed by atoms with van der Waals surface area (Å²) in [5.74, 6) is 0.563. The first kappa shape index (κ1) is 13.4. The molecule has 0 bridgehead atoms. The molecule has 0 radical (unpaired) electrons. The molecule has 5 nitrogen and oxygen atoms in total. The topological polar surface area (TPSA) is 73.2 Å². The lowest BCUT2D eigenvalue weighted by Crippen LogP contribution is -2.13. The van der Waals surface area contributed by atoms with Crippen LogP contribution in [0.2, 0.25) is 0 Å². The van der Waals surface area contributed by atoms with Crippen molar-refractivity contribution in [3.05, 3.63) is 11.8 Å². The third kappa shape index (κ3) is 2.92.